The van der Waals surface area contributed by atoms with E-state index in [1.165, 1.54) is 24.1 Å². The minimum Gasteiger partial charge on any atom is -0.497 e. The lowest BCUT2D eigenvalue weighted by atomic mass is 10.1. The summed E-state index contributed by atoms with van der Waals surface area (Å²) in [5, 5.41) is 3.14. The van der Waals surface area contributed by atoms with Crippen LogP contribution in [0.15, 0.2) is 83.8 Å². The van der Waals surface area contributed by atoms with Crippen molar-refractivity contribution in [3.63, 3.8) is 0 Å². The molecule has 3 aromatic rings. The lowest BCUT2D eigenvalue weighted by molar-refractivity contribution is -0.140. The fourth-order valence-electron chi connectivity index (χ4n) is 5.27. The molecule has 1 unspecified atom stereocenters. The quantitative estimate of drug-likeness (QED) is 0.325. The Balaban J connectivity index is 1.73. The Morgan fingerprint density at radius 3 is 2.32 bits per heavy atom. The number of sulfonamides is 1. The van der Waals surface area contributed by atoms with E-state index in [9.17, 15) is 18.0 Å². The van der Waals surface area contributed by atoms with Gasteiger partial charge in [0.2, 0.25) is 11.8 Å². The van der Waals surface area contributed by atoms with E-state index in [0.29, 0.717) is 17.9 Å². The van der Waals surface area contributed by atoms with Crippen LogP contribution in [0, 0.1) is 6.92 Å². The minimum atomic E-state index is -4.13. The number of carbonyl (C=O) groups excluding carboxylic acids is 2. The van der Waals surface area contributed by atoms with Gasteiger partial charge in [-0.3, -0.25) is 13.9 Å². The zero-order valence-corrected chi connectivity index (χ0v) is 24.8. The van der Waals surface area contributed by atoms with Crippen LogP contribution in [-0.2, 0) is 26.2 Å². The summed E-state index contributed by atoms with van der Waals surface area (Å²) in [6.45, 7) is 3.53. The Bertz CT molecular complexity index is 1440. The summed E-state index contributed by atoms with van der Waals surface area (Å²) in [6, 6.07) is 21.7. The van der Waals surface area contributed by atoms with Gasteiger partial charge in [0, 0.05) is 18.7 Å². The van der Waals surface area contributed by atoms with Crippen LogP contribution in [-0.4, -0.2) is 50.9 Å². The van der Waals surface area contributed by atoms with E-state index in [0.717, 1.165) is 41.1 Å². The van der Waals surface area contributed by atoms with Crippen LogP contribution < -0.4 is 14.4 Å². The molecule has 3 aromatic carbocycles. The van der Waals surface area contributed by atoms with Crippen molar-refractivity contribution in [1.29, 1.82) is 0 Å². The molecule has 2 amide bonds. The number of nitrogens with one attached hydrogen (secondary N) is 1. The highest BCUT2D eigenvalue weighted by Gasteiger charge is 2.34. The first-order valence-corrected chi connectivity index (χ1v) is 15.5. The number of aryl methyl sites for hydroxylation is 1. The third-order valence-electron chi connectivity index (χ3n) is 7.64. The molecule has 4 rings (SSSR count). The maximum atomic E-state index is 14.2. The van der Waals surface area contributed by atoms with Crippen molar-refractivity contribution in [2.75, 3.05) is 18.0 Å². The first-order chi connectivity index (χ1) is 19.7. The van der Waals surface area contributed by atoms with E-state index in [1.807, 2.05) is 38.1 Å². The van der Waals surface area contributed by atoms with Crippen molar-refractivity contribution in [2.24, 2.45) is 0 Å². The Labute approximate surface area is 243 Å². The van der Waals surface area contributed by atoms with E-state index in [2.05, 4.69) is 5.32 Å². The summed E-state index contributed by atoms with van der Waals surface area (Å²) in [6.07, 6.45) is 4.38. The Morgan fingerprint density at radius 2 is 1.66 bits per heavy atom. The number of anilines is 1. The minimum absolute atomic E-state index is 0.0621. The van der Waals surface area contributed by atoms with Gasteiger partial charge in [0.1, 0.15) is 18.3 Å². The highest BCUT2D eigenvalue weighted by atomic mass is 32.2. The van der Waals surface area contributed by atoms with Gasteiger partial charge < -0.3 is 15.0 Å². The zero-order chi connectivity index (χ0) is 29.4. The van der Waals surface area contributed by atoms with E-state index >= 15 is 0 Å². The SMILES string of the molecule is CCC(C(=O)NC1CCCC1)N(Cc1ccccc1C)C(=O)CN(c1cccc(OC)c1)S(=O)(=O)c1ccccc1. The smallest absolute Gasteiger partial charge is 0.264 e. The predicted molar refractivity (Wildman–Crippen MR) is 160 cm³/mol. The molecule has 41 heavy (non-hydrogen) atoms. The van der Waals surface area contributed by atoms with Crippen LogP contribution in [0.5, 0.6) is 5.75 Å². The Kier molecular flexibility index (Phi) is 10.0. The molecule has 9 heteroatoms. The fourth-order valence-corrected chi connectivity index (χ4v) is 6.70. The van der Waals surface area contributed by atoms with Crippen LogP contribution in [0.2, 0.25) is 0 Å². The number of rotatable bonds is 12. The monoisotopic (exact) mass is 577 g/mol. The molecule has 1 aliphatic carbocycles. The molecule has 1 atom stereocenters. The van der Waals surface area contributed by atoms with E-state index < -0.39 is 28.5 Å². The summed E-state index contributed by atoms with van der Waals surface area (Å²) in [5.74, 6) is -0.216. The van der Waals surface area contributed by atoms with E-state index in [4.69, 9.17) is 4.74 Å². The molecule has 1 N–H and O–H groups in total. The first-order valence-electron chi connectivity index (χ1n) is 14.1. The zero-order valence-electron chi connectivity index (χ0n) is 24.0. The average Bonchev–Trinajstić information content (AvgIpc) is 3.50. The van der Waals surface area contributed by atoms with Crippen LogP contribution in [0.3, 0.4) is 0 Å². The molecule has 0 spiro atoms. The van der Waals surface area contributed by atoms with Gasteiger partial charge >= 0.3 is 0 Å². The van der Waals surface area contributed by atoms with Gasteiger partial charge in [-0.15, -0.1) is 0 Å². The summed E-state index contributed by atoms with van der Waals surface area (Å²) in [7, 11) is -2.63. The summed E-state index contributed by atoms with van der Waals surface area (Å²) >= 11 is 0. The predicted octanol–water partition coefficient (Wildman–Crippen LogP) is 5.07. The lowest BCUT2D eigenvalue weighted by Crippen LogP contribution is -2.53. The average molecular weight is 578 g/mol. The van der Waals surface area contributed by atoms with Gasteiger partial charge in [0.25, 0.3) is 10.0 Å². The number of ether oxygens (including phenoxy) is 1. The maximum absolute atomic E-state index is 14.2. The number of hydrogen-bond acceptors (Lipinski definition) is 5. The maximum Gasteiger partial charge on any atom is 0.264 e. The molecule has 0 radical (unpaired) electrons. The van der Waals surface area contributed by atoms with Crippen LogP contribution in [0.1, 0.15) is 50.2 Å². The lowest BCUT2D eigenvalue weighted by Gasteiger charge is -2.34. The van der Waals surface area contributed by atoms with Crippen molar-refractivity contribution in [3.05, 3.63) is 90.0 Å². The number of carbonyl (C=O) groups is 2. The normalized spacial score (nSPS) is 14.3. The Hall–Kier alpha value is -3.85. The molecular formula is C32H39N3O5S. The second-order valence-corrected chi connectivity index (χ2v) is 12.3. The number of methoxy groups -OCH3 is 1. The van der Waals surface area contributed by atoms with Crippen molar-refractivity contribution >= 4 is 27.5 Å². The van der Waals surface area contributed by atoms with Crippen molar-refractivity contribution in [3.8, 4) is 5.75 Å². The molecule has 1 fully saturated rings. The number of hydrogen-bond donors (Lipinski definition) is 1. The first kappa shape index (κ1) is 30.1. The highest BCUT2D eigenvalue weighted by molar-refractivity contribution is 7.92. The Morgan fingerprint density at radius 1 is 0.976 bits per heavy atom. The molecule has 1 saturated carbocycles. The molecule has 0 aromatic heterocycles. The summed E-state index contributed by atoms with van der Waals surface area (Å²) in [4.78, 5) is 29.4. The molecular weight excluding hydrogens is 538 g/mol. The van der Waals surface area contributed by atoms with Crippen molar-refractivity contribution in [2.45, 2.75) is 69.5 Å². The van der Waals surface area contributed by atoms with Gasteiger partial charge in [-0.05, 0) is 61.6 Å². The van der Waals surface area contributed by atoms with Gasteiger partial charge in [0.05, 0.1) is 17.7 Å². The molecule has 218 valence electrons. The third kappa shape index (κ3) is 7.27. The topological polar surface area (TPSA) is 96.0 Å². The van der Waals surface area contributed by atoms with Gasteiger partial charge in [0.15, 0.2) is 0 Å². The van der Waals surface area contributed by atoms with Gasteiger partial charge in [-0.2, -0.15) is 0 Å². The number of nitrogens with zero attached hydrogens (tertiary/aromatic N) is 2. The summed E-state index contributed by atoms with van der Waals surface area (Å²) in [5.41, 5.74) is 2.17. The second kappa shape index (κ2) is 13.7. The fraction of sp³-hybridized carbons (Fsp3) is 0.375. The molecule has 1 aliphatic rings. The molecule has 8 nitrogen and oxygen atoms in total. The van der Waals surface area contributed by atoms with Gasteiger partial charge in [-0.25, -0.2) is 8.42 Å². The number of amides is 2. The van der Waals surface area contributed by atoms with Crippen molar-refractivity contribution < 1.29 is 22.7 Å². The van der Waals surface area contributed by atoms with Crippen LogP contribution in [0.25, 0.3) is 0 Å². The van der Waals surface area contributed by atoms with E-state index in [-0.39, 0.29) is 23.4 Å². The summed E-state index contributed by atoms with van der Waals surface area (Å²) < 4.78 is 34.3. The van der Waals surface area contributed by atoms with Crippen LogP contribution in [0.4, 0.5) is 5.69 Å². The third-order valence-corrected chi connectivity index (χ3v) is 9.43. The highest BCUT2D eigenvalue weighted by Crippen LogP contribution is 2.28. The van der Waals surface area contributed by atoms with E-state index in [1.54, 1.807) is 42.5 Å². The van der Waals surface area contributed by atoms with Gasteiger partial charge in [-0.1, -0.05) is 68.3 Å². The number of benzene rings is 3. The molecule has 0 aliphatic heterocycles. The molecule has 0 heterocycles. The largest absolute Gasteiger partial charge is 0.497 e. The second-order valence-electron chi connectivity index (χ2n) is 10.4. The molecule has 0 saturated heterocycles. The molecule has 0 bridgehead atoms. The van der Waals surface area contributed by atoms with Crippen LogP contribution >= 0.6 is 0 Å². The standard InChI is InChI=1S/C32H39N3O5S/c1-4-30(32(37)33-26-15-10-11-16-26)34(22-25-14-9-8-13-24(25)2)31(36)23-35(27-17-12-18-28(21-27)40-3)41(38,39)29-19-6-5-7-20-29/h5-9,12-14,17-21,26,30H,4,10-11,15-16,22-23H2,1-3H3,(H,33,37). The van der Waals surface area contributed by atoms with Crippen molar-refractivity contribution in [1.82, 2.24) is 10.2 Å².